The molecule has 0 aliphatic heterocycles. The van der Waals surface area contributed by atoms with Crippen molar-refractivity contribution in [3.63, 3.8) is 0 Å². The summed E-state index contributed by atoms with van der Waals surface area (Å²) in [5, 5.41) is 20.3. The molecule has 0 rings (SSSR count). The summed E-state index contributed by atoms with van der Waals surface area (Å²) < 4.78 is 0. The third-order valence-electron chi connectivity index (χ3n) is 2.30. The van der Waals surface area contributed by atoms with Crippen LogP contribution in [-0.2, 0) is 26.7 Å². The van der Waals surface area contributed by atoms with Crippen LogP contribution in [0.15, 0.2) is 24.3 Å². The van der Waals surface area contributed by atoms with E-state index in [4.69, 9.17) is 0 Å². The monoisotopic (exact) mass is 310 g/mol. The molecular formula is C14H22FeO4. The Morgan fingerprint density at radius 1 is 0.737 bits per heavy atom. The molecule has 0 bridgehead atoms. The van der Waals surface area contributed by atoms with Gasteiger partial charge in [-0.25, -0.2) is 0 Å². The number of rotatable bonds is 2. The second-order valence-corrected chi connectivity index (χ2v) is 6.03. The zero-order chi connectivity index (χ0) is 15.3. The van der Waals surface area contributed by atoms with E-state index in [1.165, 1.54) is 0 Å². The average Bonchev–Trinajstić information content (AvgIpc) is 2.13. The Balaban J connectivity index is -0.000000256. The molecule has 0 atom stereocenters. The molecule has 0 unspecified atom stereocenters. The maximum atomic E-state index is 10.1. The Hall–Kier alpha value is -1.06. The maximum Gasteiger partial charge on any atom is 2.00 e. The van der Waals surface area contributed by atoms with Crippen LogP contribution in [0, 0.1) is 10.8 Å². The van der Waals surface area contributed by atoms with Gasteiger partial charge in [-0.3, -0.25) is 0 Å². The van der Waals surface area contributed by atoms with Gasteiger partial charge in [-0.15, -0.1) is 0 Å². The summed E-state index contributed by atoms with van der Waals surface area (Å²) in [6, 6.07) is 0. The summed E-state index contributed by atoms with van der Waals surface area (Å²) in [4.78, 5) is 20.3. The third-order valence-corrected chi connectivity index (χ3v) is 2.30. The maximum absolute atomic E-state index is 10.1. The van der Waals surface area contributed by atoms with Gasteiger partial charge in [-0.05, 0) is 22.0 Å². The molecular weight excluding hydrogens is 288 g/mol. The number of carbonyl (C=O) groups is 2. The molecule has 0 amide bonds. The number of hydrogen-bond donors (Lipinski definition) is 0. The van der Waals surface area contributed by atoms with Crippen molar-refractivity contribution in [2.45, 2.75) is 41.5 Å². The smallest absolute Gasteiger partial charge is 0.545 e. The van der Waals surface area contributed by atoms with Gasteiger partial charge in [0, 0.05) is 0 Å². The zero-order valence-electron chi connectivity index (χ0n) is 12.4. The predicted octanol–water partition coefficient (Wildman–Crippen LogP) is 0.675. The number of hydrogen-bond acceptors (Lipinski definition) is 4. The molecule has 0 saturated carbocycles. The van der Waals surface area contributed by atoms with Gasteiger partial charge in [0.15, 0.2) is 0 Å². The minimum Gasteiger partial charge on any atom is -0.545 e. The van der Waals surface area contributed by atoms with Crippen LogP contribution in [0.3, 0.4) is 0 Å². The van der Waals surface area contributed by atoms with Gasteiger partial charge in [-0.2, -0.15) is 0 Å². The van der Waals surface area contributed by atoms with Crippen molar-refractivity contribution in [2.75, 3.05) is 0 Å². The molecule has 0 fully saturated rings. The summed E-state index contributed by atoms with van der Waals surface area (Å²) >= 11 is 0. The Morgan fingerprint density at radius 2 is 0.895 bits per heavy atom. The van der Waals surface area contributed by atoms with Gasteiger partial charge in [0.05, 0.1) is 11.9 Å². The molecule has 0 radical (unpaired) electrons. The number of carbonyl (C=O) groups excluding carboxylic acids is 2. The summed E-state index contributed by atoms with van der Waals surface area (Å²) in [5.74, 6) is -2.33. The van der Waals surface area contributed by atoms with Gasteiger partial charge in [0.25, 0.3) is 0 Å². The molecule has 5 heteroatoms. The van der Waals surface area contributed by atoms with Crippen molar-refractivity contribution in [1.82, 2.24) is 0 Å². The van der Waals surface area contributed by atoms with E-state index in [2.05, 4.69) is 13.2 Å². The molecule has 0 spiro atoms. The molecule has 0 saturated heterocycles. The van der Waals surface area contributed by atoms with Crippen LogP contribution in [0.4, 0.5) is 0 Å². The standard InChI is InChI=1S/2C7H12O2.Fe/c2*1-5(6(8)9)7(2,3)4;/h2*1H2,2-4H3,(H,8,9);/q;;+2/p-2. The van der Waals surface area contributed by atoms with E-state index in [0.717, 1.165) is 0 Å². The second kappa shape index (κ2) is 8.18. The van der Waals surface area contributed by atoms with Gasteiger partial charge in [0.1, 0.15) is 0 Å². The normalized spacial score (nSPS) is 10.4. The summed E-state index contributed by atoms with van der Waals surface area (Å²) in [6.07, 6.45) is 0. The van der Waals surface area contributed by atoms with Crippen LogP contribution in [0.1, 0.15) is 41.5 Å². The van der Waals surface area contributed by atoms with Crippen molar-refractivity contribution < 1.29 is 36.9 Å². The van der Waals surface area contributed by atoms with Crippen LogP contribution < -0.4 is 10.2 Å². The van der Waals surface area contributed by atoms with Crippen LogP contribution in [0.5, 0.6) is 0 Å². The first-order valence-corrected chi connectivity index (χ1v) is 5.52. The molecule has 19 heavy (non-hydrogen) atoms. The minimum absolute atomic E-state index is 0. The van der Waals surface area contributed by atoms with Gasteiger partial charge < -0.3 is 19.8 Å². The predicted molar refractivity (Wildman–Crippen MR) is 67.2 cm³/mol. The van der Waals surface area contributed by atoms with Crippen LogP contribution >= 0.6 is 0 Å². The molecule has 0 aromatic heterocycles. The zero-order valence-corrected chi connectivity index (χ0v) is 13.5. The molecule has 0 N–H and O–H groups in total. The Morgan fingerprint density at radius 3 is 0.895 bits per heavy atom. The average molecular weight is 310 g/mol. The Labute approximate surface area is 126 Å². The SMILES string of the molecule is C=C(C(=O)[O-])C(C)(C)C.C=C(C(=O)[O-])C(C)(C)C.[Fe+2]. The van der Waals surface area contributed by atoms with E-state index in [9.17, 15) is 19.8 Å². The van der Waals surface area contributed by atoms with Gasteiger partial charge >= 0.3 is 17.1 Å². The van der Waals surface area contributed by atoms with Gasteiger partial charge in [0.2, 0.25) is 0 Å². The Kier molecular flexibility index (Phi) is 9.93. The van der Waals surface area contributed by atoms with Crippen molar-refractivity contribution >= 4 is 11.9 Å². The van der Waals surface area contributed by atoms with Crippen LogP contribution in [0.2, 0.25) is 0 Å². The molecule has 0 heterocycles. The minimum atomic E-state index is -1.16. The fraction of sp³-hybridized carbons (Fsp3) is 0.571. The van der Waals surface area contributed by atoms with Crippen LogP contribution in [0.25, 0.3) is 0 Å². The van der Waals surface area contributed by atoms with Gasteiger partial charge in [-0.1, -0.05) is 54.7 Å². The molecule has 4 nitrogen and oxygen atoms in total. The number of carboxylic acid groups (broad SMARTS) is 2. The number of aliphatic carboxylic acids is 2. The third kappa shape index (κ3) is 10.5. The van der Waals surface area contributed by atoms with E-state index in [1.54, 1.807) is 41.5 Å². The fourth-order valence-electron chi connectivity index (χ4n) is 0.612. The summed E-state index contributed by atoms with van der Waals surface area (Å²) in [6.45, 7) is 17.4. The topological polar surface area (TPSA) is 80.3 Å². The first-order valence-electron chi connectivity index (χ1n) is 5.52. The number of carboxylic acids is 2. The summed E-state index contributed by atoms with van der Waals surface area (Å²) in [7, 11) is 0. The first-order chi connectivity index (χ1) is 7.71. The van der Waals surface area contributed by atoms with E-state index in [0.29, 0.717) is 0 Å². The van der Waals surface area contributed by atoms with Crippen molar-refractivity contribution in [3.8, 4) is 0 Å². The van der Waals surface area contributed by atoms with Crippen molar-refractivity contribution in [1.29, 1.82) is 0 Å². The van der Waals surface area contributed by atoms with E-state index in [-0.39, 0.29) is 39.0 Å². The van der Waals surface area contributed by atoms with E-state index >= 15 is 0 Å². The van der Waals surface area contributed by atoms with E-state index in [1.807, 2.05) is 0 Å². The van der Waals surface area contributed by atoms with Crippen molar-refractivity contribution in [3.05, 3.63) is 24.3 Å². The first kappa shape index (κ1) is 23.1. The molecule has 0 aromatic carbocycles. The summed E-state index contributed by atoms with van der Waals surface area (Å²) in [5.41, 5.74) is -0.470. The largest absolute Gasteiger partial charge is 2.00 e. The second-order valence-electron chi connectivity index (χ2n) is 6.03. The molecule has 110 valence electrons. The van der Waals surface area contributed by atoms with Crippen molar-refractivity contribution in [2.24, 2.45) is 10.8 Å². The molecule has 0 aliphatic rings. The Bertz CT molecular complexity index is 321. The molecule has 0 aromatic rings. The molecule has 0 aliphatic carbocycles. The van der Waals surface area contributed by atoms with Crippen LogP contribution in [-0.4, -0.2) is 11.9 Å². The quantitative estimate of drug-likeness (QED) is 0.555. The van der Waals surface area contributed by atoms with E-state index < -0.39 is 11.9 Å². The fourth-order valence-corrected chi connectivity index (χ4v) is 0.612.